The second-order valence-corrected chi connectivity index (χ2v) is 4.67. The summed E-state index contributed by atoms with van der Waals surface area (Å²) < 4.78 is 0. The number of amides is 1. The summed E-state index contributed by atoms with van der Waals surface area (Å²) >= 11 is 5.72. The van der Waals surface area contributed by atoms with Gasteiger partial charge in [0.1, 0.15) is 5.56 Å². The maximum absolute atomic E-state index is 12.2. The predicted molar refractivity (Wildman–Crippen MR) is 80.4 cm³/mol. The van der Waals surface area contributed by atoms with E-state index in [2.05, 4.69) is 5.32 Å². The van der Waals surface area contributed by atoms with E-state index in [9.17, 15) is 14.9 Å². The first-order chi connectivity index (χ1) is 10.0. The largest absolute Gasteiger partial charge is 0.326 e. The van der Waals surface area contributed by atoms with Crippen LogP contribution in [-0.4, -0.2) is 10.8 Å². The van der Waals surface area contributed by atoms with Crippen molar-refractivity contribution in [3.63, 3.8) is 0 Å². The molecule has 0 aliphatic carbocycles. The second-order valence-electron chi connectivity index (χ2n) is 4.23. The molecule has 21 heavy (non-hydrogen) atoms. The van der Waals surface area contributed by atoms with Crippen LogP contribution in [0.3, 0.4) is 0 Å². The van der Waals surface area contributed by atoms with E-state index < -0.39 is 10.8 Å². The molecular weight excluding hydrogens is 294 g/mol. The highest BCUT2D eigenvalue weighted by Crippen LogP contribution is 2.24. The zero-order valence-corrected chi connectivity index (χ0v) is 11.6. The van der Waals surface area contributed by atoms with Crippen LogP contribution in [0.2, 0.25) is 5.02 Å². The van der Waals surface area contributed by atoms with Gasteiger partial charge in [-0.05, 0) is 23.8 Å². The molecule has 2 rings (SSSR count). The van der Waals surface area contributed by atoms with Crippen molar-refractivity contribution in [1.82, 2.24) is 0 Å². The van der Waals surface area contributed by atoms with Gasteiger partial charge in [-0.15, -0.1) is 0 Å². The highest BCUT2D eigenvalue weighted by atomic mass is 35.5. The van der Waals surface area contributed by atoms with Crippen LogP contribution in [0.15, 0.2) is 42.5 Å². The first kappa shape index (κ1) is 15.0. The number of hydrogen-bond acceptors (Lipinski definition) is 4. The Morgan fingerprint density at radius 2 is 2.00 bits per heavy atom. The number of nitrogens with one attached hydrogen (secondary N) is 1. The molecule has 7 heteroatoms. The van der Waals surface area contributed by atoms with E-state index in [1.807, 2.05) is 0 Å². The van der Waals surface area contributed by atoms with Crippen LogP contribution in [0.4, 0.5) is 11.4 Å². The molecule has 0 radical (unpaired) electrons. The van der Waals surface area contributed by atoms with Gasteiger partial charge in [0, 0.05) is 23.3 Å². The highest BCUT2D eigenvalue weighted by Gasteiger charge is 2.21. The number of hydrogen-bond donors (Lipinski definition) is 2. The number of halogens is 1. The van der Waals surface area contributed by atoms with E-state index in [4.69, 9.17) is 17.3 Å². The van der Waals surface area contributed by atoms with Gasteiger partial charge in [0.15, 0.2) is 0 Å². The van der Waals surface area contributed by atoms with E-state index in [0.717, 1.165) is 11.6 Å². The van der Waals surface area contributed by atoms with Crippen molar-refractivity contribution in [3.8, 4) is 0 Å². The number of anilines is 1. The molecule has 0 aliphatic heterocycles. The van der Waals surface area contributed by atoms with E-state index in [1.54, 1.807) is 24.3 Å². The smallest absolute Gasteiger partial charge is 0.283 e. The summed E-state index contributed by atoms with van der Waals surface area (Å²) in [6.45, 7) is 0.249. The Morgan fingerprint density at radius 3 is 2.67 bits per heavy atom. The number of rotatable bonds is 4. The highest BCUT2D eigenvalue weighted by molar-refractivity contribution is 6.31. The number of carbonyl (C=O) groups is 1. The summed E-state index contributed by atoms with van der Waals surface area (Å²) in [6.07, 6.45) is 0. The third-order valence-electron chi connectivity index (χ3n) is 2.89. The average molecular weight is 306 g/mol. The number of benzene rings is 2. The number of nitrogens with zero attached hydrogens (tertiary/aromatic N) is 1. The fourth-order valence-electron chi connectivity index (χ4n) is 1.86. The van der Waals surface area contributed by atoms with E-state index in [-0.39, 0.29) is 22.8 Å². The Kier molecular flexibility index (Phi) is 4.52. The van der Waals surface area contributed by atoms with E-state index in [0.29, 0.717) is 5.69 Å². The Hall–Kier alpha value is -2.44. The number of nitro groups is 1. The summed E-state index contributed by atoms with van der Waals surface area (Å²) in [7, 11) is 0. The fraction of sp³-hybridized carbons (Fsp3) is 0.0714. The van der Waals surface area contributed by atoms with Crippen molar-refractivity contribution in [1.29, 1.82) is 0 Å². The Morgan fingerprint density at radius 1 is 1.29 bits per heavy atom. The molecule has 6 nitrogen and oxygen atoms in total. The molecule has 108 valence electrons. The van der Waals surface area contributed by atoms with Gasteiger partial charge in [-0.2, -0.15) is 0 Å². The zero-order valence-electron chi connectivity index (χ0n) is 10.9. The summed E-state index contributed by atoms with van der Waals surface area (Å²) in [5.41, 5.74) is 6.45. The quantitative estimate of drug-likeness (QED) is 0.670. The van der Waals surface area contributed by atoms with Crippen molar-refractivity contribution < 1.29 is 9.72 Å². The average Bonchev–Trinajstić information content (AvgIpc) is 2.47. The van der Waals surface area contributed by atoms with Crippen molar-refractivity contribution in [2.75, 3.05) is 5.32 Å². The first-order valence-electron chi connectivity index (χ1n) is 6.06. The Bertz CT molecular complexity index is 704. The lowest BCUT2D eigenvalue weighted by Crippen LogP contribution is -2.15. The van der Waals surface area contributed by atoms with Crippen LogP contribution in [0.25, 0.3) is 0 Å². The fourth-order valence-corrected chi connectivity index (χ4v) is 2.02. The molecule has 0 heterocycles. The summed E-state index contributed by atoms with van der Waals surface area (Å²) in [6, 6.07) is 10.9. The minimum atomic E-state index is -0.643. The van der Waals surface area contributed by atoms with Crippen LogP contribution >= 0.6 is 11.6 Å². The minimum absolute atomic E-state index is 0.0591. The van der Waals surface area contributed by atoms with Gasteiger partial charge in [-0.1, -0.05) is 29.8 Å². The molecule has 0 spiro atoms. The number of nitro benzene ring substituents is 1. The molecule has 0 unspecified atom stereocenters. The topological polar surface area (TPSA) is 98.3 Å². The lowest BCUT2D eigenvalue weighted by Gasteiger charge is -2.09. The molecule has 0 atom stereocenters. The Balaban J connectivity index is 2.35. The third kappa shape index (κ3) is 3.36. The van der Waals surface area contributed by atoms with Gasteiger partial charge in [-0.25, -0.2) is 0 Å². The monoisotopic (exact) mass is 305 g/mol. The molecule has 0 aliphatic rings. The molecule has 0 fully saturated rings. The van der Waals surface area contributed by atoms with Crippen LogP contribution in [0, 0.1) is 10.1 Å². The summed E-state index contributed by atoms with van der Waals surface area (Å²) in [5.74, 6) is -0.584. The molecule has 0 bridgehead atoms. The molecule has 1 amide bonds. The maximum atomic E-state index is 12.2. The Labute approximate surface area is 125 Å². The number of carbonyl (C=O) groups excluding carboxylic acids is 1. The van der Waals surface area contributed by atoms with Gasteiger partial charge >= 0.3 is 0 Å². The van der Waals surface area contributed by atoms with Crippen LogP contribution in [0.5, 0.6) is 0 Å². The molecular formula is C14H12ClN3O3. The maximum Gasteiger partial charge on any atom is 0.283 e. The molecule has 3 N–H and O–H groups in total. The van der Waals surface area contributed by atoms with Gasteiger partial charge < -0.3 is 11.1 Å². The molecule has 2 aromatic rings. The molecule has 0 saturated carbocycles. The van der Waals surface area contributed by atoms with Crippen molar-refractivity contribution in [3.05, 3.63) is 68.7 Å². The second kappa shape index (κ2) is 6.34. The SMILES string of the molecule is NCc1ccccc1NC(=O)c1ccc(Cl)cc1[N+](=O)[O-]. The lowest BCUT2D eigenvalue weighted by molar-refractivity contribution is -0.385. The first-order valence-corrected chi connectivity index (χ1v) is 6.44. The van der Waals surface area contributed by atoms with Crippen LogP contribution in [0.1, 0.15) is 15.9 Å². The third-order valence-corrected chi connectivity index (χ3v) is 3.12. The van der Waals surface area contributed by atoms with Gasteiger partial charge in [0.2, 0.25) is 0 Å². The zero-order chi connectivity index (χ0) is 15.4. The van der Waals surface area contributed by atoms with Gasteiger partial charge in [0.05, 0.1) is 4.92 Å². The lowest BCUT2D eigenvalue weighted by atomic mass is 10.1. The van der Waals surface area contributed by atoms with Crippen molar-refractivity contribution in [2.24, 2.45) is 5.73 Å². The van der Waals surface area contributed by atoms with Gasteiger partial charge in [0.25, 0.3) is 11.6 Å². The van der Waals surface area contributed by atoms with Crippen molar-refractivity contribution >= 4 is 28.9 Å². The van der Waals surface area contributed by atoms with Crippen LogP contribution in [-0.2, 0) is 6.54 Å². The molecule has 0 aromatic heterocycles. The van der Waals surface area contributed by atoms with Gasteiger partial charge in [-0.3, -0.25) is 14.9 Å². The van der Waals surface area contributed by atoms with Crippen molar-refractivity contribution in [2.45, 2.75) is 6.54 Å². The minimum Gasteiger partial charge on any atom is -0.326 e. The number of nitrogens with two attached hydrogens (primary N) is 1. The summed E-state index contributed by atoms with van der Waals surface area (Å²) in [4.78, 5) is 22.6. The molecule has 0 saturated heterocycles. The molecule has 2 aromatic carbocycles. The predicted octanol–water partition coefficient (Wildman–Crippen LogP) is 2.96. The normalized spacial score (nSPS) is 10.2. The van der Waals surface area contributed by atoms with E-state index in [1.165, 1.54) is 12.1 Å². The van der Waals surface area contributed by atoms with E-state index >= 15 is 0 Å². The summed E-state index contributed by atoms with van der Waals surface area (Å²) in [5, 5.41) is 13.8. The van der Waals surface area contributed by atoms with Crippen LogP contribution < -0.4 is 11.1 Å². The standard InChI is InChI=1S/C14H12ClN3O3/c15-10-5-6-11(13(7-10)18(20)21)14(19)17-12-4-2-1-3-9(12)8-16/h1-7H,8,16H2,(H,17,19). The number of para-hydroxylation sites is 1.